The Morgan fingerprint density at radius 2 is 1.91 bits per heavy atom. The summed E-state index contributed by atoms with van der Waals surface area (Å²) in [7, 11) is 1.52. The minimum atomic E-state index is -1.15. The quantitative estimate of drug-likeness (QED) is 0.355. The van der Waals surface area contributed by atoms with E-state index in [9.17, 15) is 19.5 Å². The molecule has 0 unspecified atom stereocenters. The maximum absolute atomic E-state index is 12.8. The molecule has 34 heavy (non-hydrogen) atoms. The molecule has 172 valence electrons. The Morgan fingerprint density at radius 1 is 1.18 bits per heavy atom. The number of furan rings is 1. The first kappa shape index (κ1) is 23.6. The number of hydrogen-bond donors (Lipinski definition) is 2. The van der Waals surface area contributed by atoms with E-state index < -0.39 is 17.8 Å². The summed E-state index contributed by atoms with van der Waals surface area (Å²) in [5, 5.41) is 10.4. The molecule has 1 saturated heterocycles. The number of benzene rings is 2. The van der Waals surface area contributed by atoms with Crippen LogP contribution in [0.3, 0.4) is 0 Å². The molecule has 0 bridgehead atoms. The molecule has 11 heteroatoms. The lowest BCUT2D eigenvalue weighted by atomic mass is 10.1. The van der Waals surface area contributed by atoms with Gasteiger partial charge < -0.3 is 14.3 Å². The number of amides is 2. The second-order valence-electron chi connectivity index (χ2n) is 6.89. The van der Waals surface area contributed by atoms with E-state index in [0.29, 0.717) is 28.4 Å². The first-order valence-electron chi connectivity index (χ1n) is 9.63. The minimum absolute atomic E-state index is 0.0504. The summed E-state index contributed by atoms with van der Waals surface area (Å²) in [6.07, 6.45) is 1.50. The number of aromatic carboxylic acids is 1. The van der Waals surface area contributed by atoms with Crippen molar-refractivity contribution < 1.29 is 28.6 Å². The zero-order valence-corrected chi connectivity index (χ0v) is 19.8. The van der Waals surface area contributed by atoms with Crippen LogP contribution in [0.15, 0.2) is 63.9 Å². The monoisotopic (exact) mass is 514 g/mol. The van der Waals surface area contributed by atoms with E-state index in [0.717, 1.165) is 16.8 Å². The van der Waals surface area contributed by atoms with E-state index in [1.54, 1.807) is 42.5 Å². The van der Waals surface area contributed by atoms with E-state index in [-0.39, 0.29) is 19.8 Å². The predicted octanol–water partition coefficient (Wildman–Crippen LogP) is 4.85. The summed E-state index contributed by atoms with van der Waals surface area (Å²) < 4.78 is 11.0. The van der Waals surface area contributed by atoms with Crippen molar-refractivity contribution in [3.63, 3.8) is 0 Å². The Balaban J connectivity index is 1.50. The second kappa shape index (κ2) is 9.72. The normalized spacial score (nSPS) is 14.5. The van der Waals surface area contributed by atoms with Crippen LogP contribution in [0.1, 0.15) is 26.5 Å². The topological polar surface area (TPSA) is 109 Å². The van der Waals surface area contributed by atoms with Crippen molar-refractivity contribution in [2.75, 3.05) is 7.11 Å². The first-order valence-corrected chi connectivity index (χ1v) is 11.2. The molecule has 1 aliphatic rings. The summed E-state index contributed by atoms with van der Waals surface area (Å²) in [5.41, 5.74) is 3.30. The van der Waals surface area contributed by atoms with Crippen LogP contribution in [-0.4, -0.2) is 39.3 Å². The predicted molar refractivity (Wildman–Crippen MR) is 132 cm³/mol. The van der Waals surface area contributed by atoms with Gasteiger partial charge in [0.1, 0.15) is 17.3 Å². The Labute approximate surface area is 208 Å². The van der Waals surface area contributed by atoms with E-state index >= 15 is 0 Å². The van der Waals surface area contributed by atoms with Crippen molar-refractivity contribution in [3.05, 3.63) is 81.4 Å². The largest absolute Gasteiger partial charge is 0.497 e. The van der Waals surface area contributed by atoms with Gasteiger partial charge >= 0.3 is 5.97 Å². The molecule has 0 saturated carbocycles. The number of thioether (sulfide) groups is 1. The lowest BCUT2D eigenvalue weighted by molar-refractivity contribution is -0.123. The minimum Gasteiger partial charge on any atom is -0.497 e. The van der Waals surface area contributed by atoms with E-state index in [1.165, 1.54) is 25.3 Å². The molecular weight excluding hydrogens is 500 g/mol. The summed E-state index contributed by atoms with van der Waals surface area (Å²) in [6, 6.07) is 14.2. The van der Waals surface area contributed by atoms with Crippen LogP contribution >= 0.6 is 35.6 Å². The van der Waals surface area contributed by atoms with E-state index in [4.69, 9.17) is 33.0 Å². The third-order valence-electron chi connectivity index (χ3n) is 4.74. The van der Waals surface area contributed by atoms with Crippen molar-refractivity contribution in [2.45, 2.75) is 0 Å². The van der Waals surface area contributed by atoms with E-state index in [2.05, 4.69) is 5.43 Å². The molecule has 2 heterocycles. The Morgan fingerprint density at radius 3 is 2.59 bits per heavy atom. The summed E-state index contributed by atoms with van der Waals surface area (Å²) in [6.45, 7) is 0. The van der Waals surface area contributed by atoms with Crippen molar-refractivity contribution in [1.29, 1.82) is 0 Å². The first-order chi connectivity index (χ1) is 16.3. The molecule has 2 aromatic carbocycles. The SMILES string of the molecule is COc1ccc(C(=O)NN2C(=O)/C(=C\c3ccc(-c4ccc(Cl)c(C(=O)O)c4)o3)SC2=S)cc1. The maximum atomic E-state index is 12.8. The Hall–Kier alpha value is -3.60. The van der Waals surface area contributed by atoms with Gasteiger partial charge in [0.05, 0.1) is 22.6 Å². The van der Waals surface area contributed by atoms with Crippen LogP contribution in [0.25, 0.3) is 17.4 Å². The van der Waals surface area contributed by atoms with Gasteiger partial charge in [-0.3, -0.25) is 15.0 Å². The number of rotatable bonds is 6. The number of hydrazine groups is 1. The molecule has 2 amide bonds. The third-order valence-corrected chi connectivity index (χ3v) is 6.37. The number of carboxylic acid groups (broad SMARTS) is 1. The number of thiocarbonyl (C=S) groups is 1. The highest BCUT2D eigenvalue weighted by atomic mass is 35.5. The van der Waals surface area contributed by atoms with Crippen LogP contribution in [0, 0.1) is 0 Å². The highest BCUT2D eigenvalue weighted by molar-refractivity contribution is 8.26. The van der Waals surface area contributed by atoms with Crippen LogP contribution in [-0.2, 0) is 4.79 Å². The average molecular weight is 515 g/mol. The van der Waals surface area contributed by atoms with Gasteiger partial charge in [0.2, 0.25) is 0 Å². The molecular formula is C23H15ClN2O6S2. The van der Waals surface area contributed by atoms with Crippen LogP contribution in [0.5, 0.6) is 5.75 Å². The number of halogens is 1. The summed E-state index contributed by atoms with van der Waals surface area (Å²) in [4.78, 5) is 36.9. The number of carbonyl (C=O) groups excluding carboxylic acids is 2. The van der Waals surface area contributed by atoms with Gasteiger partial charge in [-0.1, -0.05) is 23.4 Å². The van der Waals surface area contributed by atoms with Gasteiger partial charge in [-0.25, -0.2) is 4.79 Å². The fraction of sp³-hybridized carbons (Fsp3) is 0.0435. The number of ether oxygens (including phenoxy) is 1. The van der Waals surface area contributed by atoms with Gasteiger partial charge in [0.25, 0.3) is 11.8 Å². The summed E-state index contributed by atoms with van der Waals surface area (Å²) >= 11 is 12.2. The molecule has 0 radical (unpaired) electrons. The van der Waals surface area contributed by atoms with Crippen molar-refractivity contribution in [2.24, 2.45) is 0 Å². The second-order valence-corrected chi connectivity index (χ2v) is 8.97. The van der Waals surface area contributed by atoms with Gasteiger partial charge in [-0.15, -0.1) is 0 Å². The highest BCUT2D eigenvalue weighted by Crippen LogP contribution is 2.33. The molecule has 1 aliphatic heterocycles. The number of nitrogens with zero attached hydrogens (tertiary/aromatic N) is 1. The third kappa shape index (κ3) is 4.84. The molecule has 8 nitrogen and oxygen atoms in total. The Bertz CT molecular complexity index is 1350. The maximum Gasteiger partial charge on any atom is 0.337 e. The molecule has 0 spiro atoms. The van der Waals surface area contributed by atoms with Crippen molar-refractivity contribution in [3.8, 4) is 17.1 Å². The van der Waals surface area contributed by atoms with E-state index in [1.807, 2.05) is 0 Å². The number of hydrogen-bond acceptors (Lipinski definition) is 7. The molecule has 3 aromatic rings. The molecule has 2 N–H and O–H groups in total. The molecule has 1 fully saturated rings. The van der Waals surface area contributed by atoms with Crippen LogP contribution < -0.4 is 10.2 Å². The average Bonchev–Trinajstić information content (AvgIpc) is 3.39. The van der Waals surface area contributed by atoms with Gasteiger partial charge in [0, 0.05) is 17.2 Å². The molecule has 0 atom stereocenters. The Kier molecular flexibility index (Phi) is 6.73. The zero-order valence-electron chi connectivity index (χ0n) is 17.4. The summed E-state index contributed by atoms with van der Waals surface area (Å²) in [5.74, 6) is -0.816. The highest BCUT2D eigenvalue weighted by Gasteiger charge is 2.34. The smallest absolute Gasteiger partial charge is 0.337 e. The molecule has 1 aromatic heterocycles. The standard InChI is InChI=1S/C23H15ClN2O6S2/c1-31-14-5-2-12(3-6-14)20(27)25-26-21(28)19(34-23(26)33)11-15-7-9-18(32-15)13-4-8-17(24)16(10-13)22(29)30/h2-11H,1H3,(H,25,27)(H,29,30)/b19-11+. The van der Waals surface area contributed by atoms with Gasteiger partial charge in [0.15, 0.2) is 4.32 Å². The van der Waals surface area contributed by atoms with Gasteiger partial charge in [-0.05, 0) is 66.8 Å². The zero-order chi connectivity index (χ0) is 24.4. The number of carboxylic acids is 1. The van der Waals surface area contributed by atoms with Crippen molar-refractivity contribution >= 4 is 63.8 Å². The molecule has 4 rings (SSSR count). The van der Waals surface area contributed by atoms with Gasteiger partial charge in [-0.2, -0.15) is 5.01 Å². The lowest BCUT2D eigenvalue weighted by Gasteiger charge is -2.15. The van der Waals surface area contributed by atoms with Crippen molar-refractivity contribution in [1.82, 2.24) is 10.4 Å². The number of nitrogens with one attached hydrogen (secondary N) is 1. The number of carbonyl (C=O) groups is 3. The fourth-order valence-electron chi connectivity index (χ4n) is 3.03. The molecule has 0 aliphatic carbocycles. The lowest BCUT2D eigenvalue weighted by Crippen LogP contribution is -2.44. The fourth-order valence-corrected chi connectivity index (χ4v) is 4.39. The van der Waals surface area contributed by atoms with Crippen LogP contribution in [0.2, 0.25) is 5.02 Å². The number of methoxy groups -OCH3 is 1. The van der Waals surface area contributed by atoms with Crippen LogP contribution in [0.4, 0.5) is 0 Å².